The highest BCUT2D eigenvalue weighted by molar-refractivity contribution is 5.92. The van der Waals surface area contributed by atoms with Gasteiger partial charge in [0.1, 0.15) is 11.5 Å². The van der Waals surface area contributed by atoms with E-state index in [4.69, 9.17) is 0 Å². The third kappa shape index (κ3) is 4.42. The highest BCUT2D eigenvalue weighted by Gasteiger charge is 2.29. The fraction of sp³-hybridized carbons (Fsp3) is 0.706. The molecule has 2 aliphatic rings. The average Bonchev–Trinajstić information content (AvgIpc) is 3.07. The van der Waals surface area contributed by atoms with E-state index in [1.807, 2.05) is 4.90 Å². The van der Waals surface area contributed by atoms with Gasteiger partial charge in [-0.15, -0.1) is 0 Å². The molecule has 3 N–H and O–H groups in total. The number of hydrogen-bond donors (Lipinski definition) is 3. The van der Waals surface area contributed by atoms with Crippen LogP contribution in [0.1, 0.15) is 37.2 Å². The molecule has 0 spiro atoms. The molecule has 3 heterocycles. The lowest BCUT2D eigenvalue weighted by atomic mass is 10.0. The van der Waals surface area contributed by atoms with E-state index >= 15 is 0 Å². The Morgan fingerprint density at radius 1 is 1.38 bits per heavy atom. The van der Waals surface area contributed by atoms with E-state index in [2.05, 4.69) is 39.8 Å². The number of anilines is 1. The molecule has 3 rings (SSSR count). The second-order valence-corrected chi connectivity index (χ2v) is 7.40. The van der Waals surface area contributed by atoms with Crippen LogP contribution in [0, 0.1) is 5.92 Å². The number of carbonyl (C=O) groups excluding carboxylic acids is 1. The Kier molecular flexibility index (Phi) is 5.30. The average molecular weight is 332 g/mol. The maximum absolute atomic E-state index is 12.6. The Balaban J connectivity index is 1.50. The molecular weight excluding hydrogens is 304 g/mol. The van der Waals surface area contributed by atoms with Gasteiger partial charge in [-0.25, -0.2) is 9.97 Å². The molecule has 7 nitrogen and oxygen atoms in total. The predicted molar refractivity (Wildman–Crippen MR) is 94.1 cm³/mol. The van der Waals surface area contributed by atoms with Crippen molar-refractivity contribution in [2.75, 3.05) is 44.6 Å². The molecule has 0 radical (unpaired) electrons. The molecule has 1 aromatic rings. The van der Waals surface area contributed by atoms with Gasteiger partial charge in [0, 0.05) is 31.7 Å². The van der Waals surface area contributed by atoms with Crippen molar-refractivity contribution < 1.29 is 4.79 Å². The number of amides is 1. The summed E-state index contributed by atoms with van der Waals surface area (Å²) in [7, 11) is 0. The first kappa shape index (κ1) is 17.1. The zero-order chi connectivity index (χ0) is 17.0. The lowest BCUT2D eigenvalue weighted by Crippen LogP contribution is -2.58. The van der Waals surface area contributed by atoms with Crippen molar-refractivity contribution in [3.05, 3.63) is 18.1 Å². The zero-order valence-electron chi connectivity index (χ0n) is 14.6. The third-order valence-electron chi connectivity index (χ3n) is 4.75. The Labute approximate surface area is 143 Å². The molecule has 2 saturated heterocycles. The highest BCUT2D eigenvalue weighted by atomic mass is 16.2. The quantitative estimate of drug-likeness (QED) is 0.737. The summed E-state index contributed by atoms with van der Waals surface area (Å²) in [6.07, 6.45) is 5.62. The van der Waals surface area contributed by atoms with Crippen molar-refractivity contribution in [2.45, 2.75) is 32.2 Å². The molecular formula is C17H28N6O. The maximum atomic E-state index is 12.6. The Hall–Kier alpha value is -1.73. The molecule has 2 aliphatic heterocycles. The van der Waals surface area contributed by atoms with E-state index in [1.54, 1.807) is 12.4 Å². The summed E-state index contributed by atoms with van der Waals surface area (Å²) in [6.45, 7) is 9.53. The lowest BCUT2D eigenvalue weighted by Gasteiger charge is -2.38. The molecule has 1 aromatic heterocycles. The predicted octanol–water partition coefficient (Wildman–Crippen LogP) is 0.712. The number of aromatic nitrogens is 2. The largest absolute Gasteiger partial charge is 0.369 e. The van der Waals surface area contributed by atoms with Crippen LogP contribution in [0.4, 0.5) is 5.82 Å². The Morgan fingerprint density at radius 3 is 2.92 bits per heavy atom. The number of carbonyl (C=O) groups is 1. The van der Waals surface area contributed by atoms with Crippen LogP contribution in [0.25, 0.3) is 0 Å². The third-order valence-corrected chi connectivity index (χ3v) is 4.75. The molecule has 7 heteroatoms. The first-order valence-corrected chi connectivity index (χ1v) is 8.84. The minimum Gasteiger partial charge on any atom is -0.369 e. The lowest BCUT2D eigenvalue weighted by molar-refractivity contribution is 0.0646. The van der Waals surface area contributed by atoms with Crippen molar-refractivity contribution in [2.24, 2.45) is 5.92 Å². The molecule has 0 saturated carbocycles. The van der Waals surface area contributed by atoms with Gasteiger partial charge in [-0.1, -0.05) is 0 Å². The van der Waals surface area contributed by atoms with Gasteiger partial charge < -0.3 is 20.9 Å². The van der Waals surface area contributed by atoms with Gasteiger partial charge >= 0.3 is 0 Å². The van der Waals surface area contributed by atoms with Crippen molar-refractivity contribution in [1.82, 2.24) is 25.5 Å². The van der Waals surface area contributed by atoms with Crippen LogP contribution in [0.2, 0.25) is 0 Å². The second kappa shape index (κ2) is 7.44. The summed E-state index contributed by atoms with van der Waals surface area (Å²) in [5, 5.41) is 10.1. The molecule has 0 aliphatic carbocycles. The van der Waals surface area contributed by atoms with E-state index in [1.165, 1.54) is 6.42 Å². The van der Waals surface area contributed by atoms with E-state index < -0.39 is 0 Å². The minimum absolute atomic E-state index is 0.0411. The molecule has 0 unspecified atom stereocenters. The second-order valence-electron chi connectivity index (χ2n) is 7.40. The van der Waals surface area contributed by atoms with Gasteiger partial charge in [0.2, 0.25) is 0 Å². The molecule has 1 atom stereocenters. The van der Waals surface area contributed by atoms with Crippen LogP contribution in [0.15, 0.2) is 12.4 Å². The van der Waals surface area contributed by atoms with E-state index in [0.717, 1.165) is 44.3 Å². The summed E-state index contributed by atoms with van der Waals surface area (Å²) in [6, 6.07) is 0. The fourth-order valence-corrected chi connectivity index (χ4v) is 3.37. The standard InChI is InChI=1S/C17H28N6O/c1-17(2)12-23(8-7-22-17)16(24)14-10-21-15(11-20-14)19-6-4-13-3-5-18-9-13/h10-11,13,18,22H,3-9,12H2,1-2H3,(H,19,21)/t13-/m1/s1. The first-order valence-electron chi connectivity index (χ1n) is 8.84. The summed E-state index contributed by atoms with van der Waals surface area (Å²) < 4.78 is 0. The number of hydrogen-bond acceptors (Lipinski definition) is 6. The van der Waals surface area contributed by atoms with Crippen LogP contribution >= 0.6 is 0 Å². The van der Waals surface area contributed by atoms with E-state index in [-0.39, 0.29) is 11.4 Å². The van der Waals surface area contributed by atoms with Gasteiger partial charge in [0.05, 0.1) is 12.4 Å². The number of nitrogens with zero attached hydrogens (tertiary/aromatic N) is 3. The summed E-state index contributed by atoms with van der Waals surface area (Å²) in [5.74, 6) is 1.45. The van der Waals surface area contributed by atoms with E-state index in [9.17, 15) is 4.79 Å². The van der Waals surface area contributed by atoms with E-state index in [0.29, 0.717) is 18.8 Å². The molecule has 1 amide bonds. The first-order chi connectivity index (χ1) is 11.5. The van der Waals surface area contributed by atoms with Crippen molar-refractivity contribution in [3.8, 4) is 0 Å². The Bertz CT molecular complexity index is 553. The van der Waals surface area contributed by atoms with Crippen molar-refractivity contribution in [1.29, 1.82) is 0 Å². The number of rotatable bonds is 5. The van der Waals surface area contributed by atoms with Crippen molar-refractivity contribution in [3.63, 3.8) is 0 Å². The molecule has 132 valence electrons. The maximum Gasteiger partial charge on any atom is 0.274 e. The molecule has 0 aromatic carbocycles. The van der Waals surface area contributed by atoms with Gasteiger partial charge in [0.15, 0.2) is 0 Å². The molecule has 0 bridgehead atoms. The zero-order valence-corrected chi connectivity index (χ0v) is 14.6. The van der Waals surface area contributed by atoms with Crippen molar-refractivity contribution >= 4 is 11.7 Å². The van der Waals surface area contributed by atoms with Crippen LogP contribution in [-0.2, 0) is 0 Å². The van der Waals surface area contributed by atoms with Crippen LogP contribution in [0.5, 0.6) is 0 Å². The molecule has 2 fully saturated rings. The fourth-order valence-electron chi connectivity index (χ4n) is 3.37. The summed E-state index contributed by atoms with van der Waals surface area (Å²) in [5.41, 5.74) is 0.357. The number of piperazine rings is 1. The van der Waals surface area contributed by atoms with Gasteiger partial charge in [-0.3, -0.25) is 4.79 Å². The topological polar surface area (TPSA) is 82.2 Å². The number of nitrogens with one attached hydrogen (secondary N) is 3. The van der Waals surface area contributed by atoms with Gasteiger partial charge in [-0.2, -0.15) is 0 Å². The monoisotopic (exact) mass is 332 g/mol. The Morgan fingerprint density at radius 2 is 2.25 bits per heavy atom. The van der Waals surface area contributed by atoms with Crippen LogP contribution in [-0.4, -0.2) is 65.6 Å². The summed E-state index contributed by atoms with van der Waals surface area (Å²) >= 11 is 0. The normalized spacial score (nSPS) is 23.2. The van der Waals surface area contributed by atoms with Crippen LogP contribution in [0.3, 0.4) is 0 Å². The van der Waals surface area contributed by atoms with Gasteiger partial charge in [0.25, 0.3) is 5.91 Å². The molecule has 24 heavy (non-hydrogen) atoms. The highest BCUT2D eigenvalue weighted by Crippen LogP contribution is 2.14. The summed E-state index contributed by atoms with van der Waals surface area (Å²) in [4.78, 5) is 23.0. The minimum atomic E-state index is -0.0576. The van der Waals surface area contributed by atoms with Crippen LogP contribution < -0.4 is 16.0 Å². The smallest absolute Gasteiger partial charge is 0.274 e. The van der Waals surface area contributed by atoms with Gasteiger partial charge in [-0.05, 0) is 45.7 Å². The SMILES string of the molecule is CC1(C)CN(C(=O)c2cnc(NCC[C@H]3CCNC3)cn2)CCN1.